The lowest BCUT2D eigenvalue weighted by atomic mass is 9.99. The number of nitrogens with one attached hydrogen (secondary N) is 1. The van der Waals surface area contributed by atoms with Gasteiger partial charge in [-0.2, -0.15) is 0 Å². The number of ether oxygens (including phenoxy) is 2. The molecule has 1 aromatic heterocycles. The fourth-order valence-electron chi connectivity index (χ4n) is 3.30. The highest BCUT2D eigenvalue weighted by atomic mass is 16.5. The first-order valence-corrected chi connectivity index (χ1v) is 9.68. The molecular weight excluding hydrogens is 386 g/mol. The number of Topliss-reactive ketones (excluding diaryl/α,β-unsaturated/α-hetero) is 2. The van der Waals surface area contributed by atoms with E-state index in [-0.39, 0.29) is 24.3 Å². The van der Waals surface area contributed by atoms with Crippen LogP contribution in [0, 0.1) is 27.7 Å². The van der Waals surface area contributed by atoms with Crippen molar-refractivity contribution in [2.75, 3.05) is 7.11 Å². The molecule has 0 fully saturated rings. The average Bonchev–Trinajstić information content (AvgIpc) is 3.00. The van der Waals surface area contributed by atoms with Crippen molar-refractivity contribution in [3.63, 3.8) is 0 Å². The molecule has 0 amide bonds. The summed E-state index contributed by atoms with van der Waals surface area (Å²) < 4.78 is 9.96. The maximum Gasteiger partial charge on any atom is 0.339 e. The number of methoxy groups -OCH3 is 1. The van der Waals surface area contributed by atoms with Gasteiger partial charge in [-0.3, -0.25) is 14.4 Å². The standard InChI is InChI=1S/C23H27NO6/c1-12-7-8-13(2)17(11-12)18(25)9-10-19(26)30-16(5)22(27)21-14(3)20(15(4)24-21)23(28)29-6/h7-8,11,16,24H,9-10H2,1-6H3/t16-/m0/s1. The molecule has 160 valence electrons. The maximum atomic E-state index is 12.7. The SMILES string of the molecule is COC(=O)c1c(C)[nH]c(C(=O)[C@H](C)OC(=O)CCC(=O)c2cc(C)ccc2C)c1C. The van der Waals surface area contributed by atoms with E-state index in [0.717, 1.165) is 11.1 Å². The smallest absolute Gasteiger partial charge is 0.339 e. The Balaban J connectivity index is 2.00. The molecule has 2 aromatic rings. The third-order valence-corrected chi connectivity index (χ3v) is 5.00. The molecule has 0 aliphatic carbocycles. The van der Waals surface area contributed by atoms with Crippen molar-refractivity contribution in [3.05, 3.63) is 57.4 Å². The Morgan fingerprint density at radius 2 is 1.70 bits per heavy atom. The van der Waals surface area contributed by atoms with E-state index in [1.54, 1.807) is 19.9 Å². The van der Waals surface area contributed by atoms with Crippen LogP contribution in [-0.4, -0.2) is 41.7 Å². The van der Waals surface area contributed by atoms with Crippen molar-refractivity contribution >= 4 is 23.5 Å². The quantitative estimate of drug-likeness (QED) is 0.521. The van der Waals surface area contributed by atoms with Gasteiger partial charge >= 0.3 is 11.9 Å². The van der Waals surface area contributed by atoms with E-state index in [2.05, 4.69) is 4.98 Å². The van der Waals surface area contributed by atoms with Gasteiger partial charge in [0.05, 0.1) is 24.8 Å². The fraction of sp³-hybridized carbons (Fsp3) is 0.391. The summed E-state index contributed by atoms with van der Waals surface area (Å²) in [5.41, 5.74) is 3.82. The summed E-state index contributed by atoms with van der Waals surface area (Å²) in [4.78, 5) is 52.0. The lowest BCUT2D eigenvalue weighted by Crippen LogP contribution is -2.25. The minimum absolute atomic E-state index is 0.00281. The Morgan fingerprint density at radius 1 is 1.03 bits per heavy atom. The molecule has 0 aliphatic rings. The first-order chi connectivity index (χ1) is 14.1. The summed E-state index contributed by atoms with van der Waals surface area (Å²) in [7, 11) is 1.26. The van der Waals surface area contributed by atoms with E-state index in [1.165, 1.54) is 14.0 Å². The third kappa shape index (κ3) is 5.03. The number of carbonyl (C=O) groups is 4. The van der Waals surface area contributed by atoms with Crippen LogP contribution < -0.4 is 0 Å². The molecule has 7 heteroatoms. The number of esters is 2. The molecule has 0 aliphatic heterocycles. The van der Waals surface area contributed by atoms with Crippen LogP contribution in [-0.2, 0) is 14.3 Å². The van der Waals surface area contributed by atoms with Crippen LogP contribution in [0.25, 0.3) is 0 Å². The molecule has 0 unspecified atom stereocenters. The second-order valence-electron chi connectivity index (χ2n) is 7.35. The second kappa shape index (κ2) is 9.52. The van der Waals surface area contributed by atoms with Gasteiger partial charge in [0.25, 0.3) is 0 Å². The largest absolute Gasteiger partial charge is 0.465 e. The monoisotopic (exact) mass is 413 g/mol. The van der Waals surface area contributed by atoms with Crippen molar-refractivity contribution in [1.29, 1.82) is 0 Å². The van der Waals surface area contributed by atoms with Crippen LogP contribution in [0.3, 0.4) is 0 Å². The number of aryl methyl sites for hydroxylation is 3. The number of hydrogen-bond donors (Lipinski definition) is 1. The van der Waals surface area contributed by atoms with E-state index < -0.39 is 23.8 Å². The van der Waals surface area contributed by atoms with Gasteiger partial charge < -0.3 is 14.5 Å². The minimum atomic E-state index is -1.06. The zero-order valence-corrected chi connectivity index (χ0v) is 18.2. The lowest BCUT2D eigenvalue weighted by molar-refractivity contribution is -0.146. The predicted octanol–water partition coefficient (Wildman–Crippen LogP) is 3.81. The molecule has 0 radical (unpaired) electrons. The van der Waals surface area contributed by atoms with Gasteiger partial charge in [0, 0.05) is 17.7 Å². The summed E-state index contributed by atoms with van der Waals surface area (Å²) in [6.07, 6.45) is -1.19. The van der Waals surface area contributed by atoms with Gasteiger partial charge in [-0.05, 0) is 51.8 Å². The highest BCUT2D eigenvalue weighted by Gasteiger charge is 2.27. The summed E-state index contributed by atoms with van der Waals surface area (Å²) in [5, 5.41) is 0. The molecule has 1 N–H and O–H groups in total. The van der Waals surface area contributed by atoms with Gasteiger partial charge in [0.1, 0.15) is 0 Å². The summed E-state index contributed by atoms with van der Waals surface area (Å²) >= 11 is 0. The van der Waals surface area contributed by atoms with E-state index in [9.17, 15) is 19.2 Å². The molecule has 0 saturated heterocycles. The van der Waals surface area contributed by atoms with Gasteiger partial charge in [-0.1, -0.05) is 17.7 Å². The van der Waals surface area contributed by atoms with Crippen molar-refractivity contribution in [2.24, 2.45) is 0 Å². The number of rotatable bonds is 8. The Kier molecular flexibility index (Phi) is 7.32. The highest BCUT2D eigenvalue weighted by Crippen LogP contribution is 2.21. The van der Waals surface area contributed by atoms with E-state index >= 15 is 0 Å². The summed E-state index contributed by atoms with van der Waals surface area (Å²) in [5.74, 6) is -1.79. The number of H-pyrrole nitrogens is 1. The number of ketones is 2. The molecule has 1 heterocycles. The number of benzene rings is 1. The molecule has 1 aromatic carbocycles. The van der Waals surface area contributed by atoms with Crippen LogP contribution in [0.15, 0.2) is 18.2 Å². The number of aromatic nitrogens is 1. The second-order valence-corrected chi connectivity index (χ2v) is 7.35. The minimum Gasteiger partial charge on any atom is -0.465 e. The van der Waals surface area contributed by atoms with E-state index in [4.69, 9.17) is 9.47 Å². The van der Waals surface area contributed by atoms with Gasteiger partial charge in [0.2, 0.25) is 5.78 Å². The summed E-state index contributed by atoms with van der Waals surface area (Å²) in [6, 6.07) is 5.58. The van der Waals surface area contributed by atoms with Crippen LogP contribution in [0.5, 0.6) is 0 Å². The number of carbonyl (C=O) groups excluding carboxylic acids is 4. The molecule has 30 heavy (non-hydrogen) atoms. The zero-order chi connectivity index (χ0) is 22.6. The van der Waals surface area contributed by atoms with Crippen molar-refractivity contribution in [2.45, 2.75) is 53.6 Å². The maximum absolute atomic E-state index is 12.7. The number of aromatic amines is 1. The highest BCUT2D eigenvalue weighted by molar-refractivity contribution is 6.04. The zero-order valence-electron chi connectivity index (χ0n) is 18.2. The van der Waals surface area contributed by atoms with Crippen LogP contribution in [0.2, 0.25) is 0 Å². The molecule has 7 nitrogen and oxygen atoms in total. The molecule has 2 rings (SSSR count). The van der Waals surface area contributed by atoms with Crippen LogP contribution in [0.1, 0.15) is 73.4 Å². The van der Waals surface area contributed by atoms with Crippen molar-refractivity contribution in [1.82, 2.24) is 4.98 Å². The molecule has 0 bridgehead atoms. The van der Waals surface area contributed by atoms with E-state index in [0.29, 0.717) is 22.4 Å². The van der Waals surface area contributed by atoms with E-state index in [1.807, 2.05) is 26.0 Å². The molecule has 0 spiro atoms. The Morgan fingerprint density at radius 3 is 2.33 bits per heavy atom. The predicted molar refractivity (Wildman–Crippen MR) is 111 cm³/mol. The molecular formula is C23H27NO6. The van der Waals surface area contributed by atoms with Gasteiger partial charge in [-0.25, -0.2) is 4.79 Å². The topological polar surface area (TPSA) is 103 Å². The summed E-state index contributed by atoms with van der Waals surface area (Å²) in [6.45, 7) is 8.48. The van der Waals surface area contributed by atoms with Crippen molar-refractivity contribution in [3.8, 4) is 0 Å². The Bertz CT molecular complexity index is 1000. The Labute approximate surface area is 175 Å². The lowest BCUT2D eigenvalue weighted by Gasteiger charge is -2.12. The first kappa shape index (κ1) is 23.1. The van der Waals surface area contributed by atoms with Crippen molar-refractivity contribution < 1.29 is 28.7 Å². The first-order valence-electron chi connectivity index (χ1n) is 9.68. The number of hydrogen-bond acceptors (Lipinski definition) is 6. The van der Waals surface area contributed by atoms with Crippen LogP contribution >= 0.6 is 0 Å². The van der Waals surface area contributed by atoms with Gasteiger partial charge in [0.15, 0.2) is 11.9 Å². The Hall–Kier alpha value is -3.22. The third-order valence-electron chi connectivity index (χ3n) is 5.00. The normalized spacial score (nSPS) is 11.7. The van der Waals surface area contributed by atoms with Gasteiger partial charge in [-0.15, -0.1) is 0 Å². The fourth-order valence-corrected chi connectivity index (χ4v) is 3.30. The molecule has 0 saturated carbocycles. The molecule has 1 atom stereocenters. The average molecular weight is 413 g/mol. The van der Waals surface area contributed by atoms with Crippen LogP contribution in [0.4, 0.5) is 0 Å².